The summed E-state index contributed by atoms with van der Waals surface area (Å²) in [6.07, 6.45) is 7.25. The Balaban J connectivity index is 1.72. The molecule has 0 aliphatic heterocycles. The van der Waals surface area contributed by atoms with E-state index in [0.29, 0.717) is 11.9 Å². The standard InChI is InChI=1S/C15H20ClN5OSi/c1-23(2,3)7-6-22-11-20-10-12(9-18-20)15-19-13(16)8-14-17-4-5-21(14)15/h4-5,8-10H,6-7,11H2,1-3H3. The van der Waals surface area contributed by atoms with Gasteiger partial charge in [-0.3, -0.25) is 4.40 Å². The third-order valence-corrected chi connectivity index (χ3v) is 5.37. The van der Waals surface area contributed by atoms with Crippen LogP contribution in [0.3, 0.4) is 0 Å². The highest BCUT2D eigenvalue weighted by Gasteiger charge is 2.13. The van der Waals surface area contributed by atoms with Gasteiger partial charge in [0.05, 0.1) is 11.8 Å². The van der Waals surface area contributed by atoms with Crippen LogP contribution in [0.1, 0.15) is 0 Å². The molecule has 0 saturated heterocycles. The molecule has 0 amide bonds. The molecule has 0 aliphatic rings. The van der Waals surface area contributed by atoms with Gasteiger partial charge in [-0.05, 0) is 6.04 Å². The zero-order valence-electron chi connectivity index (χ0n) is 13.5. The zero-order valence-corrected chi connectivity index (χ0v) is 15.3. The van der Waals surface area contributed by atoms with Gasteiger partial charge in [-0.15, -0.1) is 0 Å². The second-order valence-corrected chi connectivity index (χ2v) is 12.7. The third-order valence-electron chi connectivity index (χ3n) is 3.47. The van der Waals surface area contributed by atoms with Crippen molar-refractivity contribution < 1.29 is 4.74 Å². The number of fused-ring (bicyclic) bond motifs is 1. The van der Waals surface area contributed by atoms with E-state index in [1.54, 1.807) is 23.1 Å². The molecule has 0 bridgehead atoms. The summed E-state index contributed by atoms with van der Waals surface area (Å²) >= 11 is 6.07. The Morgan fingerprint density at radius 2 is 2.13 bits per heavy atom. The number of ether oxygens (including phenoxy) is 1. The molecule has 23 heavy (non-hydrogen) atoms. The number of hydrogen-bond acceptors (Lipinski definition) is 4. The molecule has 0 N–H and O–H groups in total. The van der Waals surface area contributed by atoms with Gasteiger partial charge in [0.2, 0.25) is 0 Å². The fraction of sp³-hybridized carbons (Fsp3) is 0.400. The highest BCUT2D eigenvalue weighted by atomic mass is 35.5. The van der Waals surface area contributed by atoms with Crippen LogP contribution in [0.15, 0.2) is 30.9 Å². The van der Waals surface area contributed by atoms with E-state index in [0.717, 1.165) is 29.7 Å². The van der Waals surface area contributed by atoms with E-state index >= 15 is 0 Å². The summed E-state index contributed by atoms with van der Waals surface area (Å²) < 4.78 is 9.37. The van der Waals surface area contributed by atoms with Crippen molar-refractivity contribution in [2.75, 3.05) is 6.61 Å². The minimum Gasteiger partial charge on any atom is -0.360 e. The van der Waals surface area contributed by atoms with Crippen molar-refractivity contribution in [1.29, 1.82) is 0 Å². The number of imidazole rings is 1. The topological polar surface area (TPSA) is 57.2 Å². The van der Waals surface area contributed by atoms with Crippen LogP contribution in [-0.4, -0.2) is 38.8 Å². The summed E-state index contributed by atoms with van der Waals surface area (Å²) in [5, 5.41) is 4.75. The van der Waals surface area contributed by atoms with E-state index in [1.807, 2.05) is 16.8 Å². The SMILES string of the molecule is C[Si](C)(C)CCOCn1cc(-c2nc(Cl)cc3nccn23)cn1. The Kier molecular flexibility index (Phi) is 4.52. The first-order chi connectivity index (χ1) is 10.9. The molecule has 3 aromatic rings. The van der Waals surface area contributed by atoms with Gasteiger partial charge in [0.15, 0.2) is 5.82 Å². The maximum atomic E-state index is 6.07. The van der Waals surface area contributed by atoms with Crippen molar-refractivity contribution in [2.45, 2.75) is 32.4 Å². The molecule has 122 valence electrons. The summed E-state index contributed by atoms with van der Waals surface area (Å²) in [6, 6.07) is 2.88. The molecule has 0 fully saturated rings. The number of nitrogens with zero attached hydrogens (tertiary/aromatic N) is 5. The van der Waals surface area contributed by atoms with Crippen molar-refractivity contribution in [3.8, 4) is 11.4 Å². The molecule has 3 rings (SSSR count). The third kappa shape index (κ3) is 3.98. The Labute approximate surface area is 141 Å². The predicted octanol–water partition coefficient (Wildman–Crippen LogP) is 3.56. The Morgan fingerprint density at radius 3 is 2.91 bits per heavy atom. The van der Waals surface area contributed by atoms with E-state index in [1.165, 1.54) is 0 Å². The van der Waals surface area contributed by atoms with Crippen molar-refractivity contribution >= 4 is 25.3 Å². The lowest BCUT2D eigenvalue weighted by Crippen LogP contribution is -2.22. The normalized spacial score (nSPS) is 12.2. The lowest BCUT2D eigenvalue weighted by Gasteiger charge is -2.15. The number of hydrogen-bond donors (Lipinski definition) is 0. The summed E-state index contributed by atoms with van der Waals surface area (Å²) in [5.41, 5.74) is 1.64. The predicted molar refractivity (Wildman–Crippen MR) is 93.3 cm³/mol. The van der Waals surface area contributed by atoms with Gasteiger partial charge in [0, 0.05) is 39.3 Å². The molecule has 0 unspecified atom stereocenters. The highest BCUT2D eigenvalue weighted by molar-refractivity contribution is 6.76. The summed E-state index contributed by atoms with van der Waals surface area (Å²) in [5.74, 6) is 0.721. The Bertz CT molecular complexity index is 808. The van der Waals surface area contributed by atoms with Crippen molar-refractivity contribution in [1.82, 2.24) is 24.1 Å². The first-order valence-electron chi connectivity index (χ1n) is 7.52. The van der Waals surface area contributed by atoms with E-state index in [9.17, 15) is 0 Å². The molecule has 3 heterocycles. The van der Waals surface area contributed by atoms with Gasteiger partial charge in [-0.2, -0.15) is 5.10 Å². The van der Waals surface area contributed by atoms with Crippen molar-refractivity contribution in [3.63, 3.8) is 0 Å². The number of aromatic nitrogens is 5. The monoisotopic (exact) mass is 349 g/mol. The molecule has 0 aromatic carbocycles. The lowest BCUT2D eigenvalue weighted by atomic mass is 10.3. The molecular weight excluding hydrogens is 330 g/mol. The highest BCUT2D eigenvalue weighted by Crippen LogP contribution is 2.20. The molecule has 0 aliphatic carbocycles. The van der Waals surface area contributed by atoms with Gasteiger partial charge < -0.3 is 4.74 Å². The minimum absolute atomic E-state index is 0.415. The van der Waals surface area contributed by atoms with E-state index in [4.69, 9.17) is 16.3 Å². The quantitative estimate of drug-likeness (QED) is 0.388. The Hall–Kier alpha value is -1.70. The smallest absolute Gasteiger partial charge is 0.150 e. The van der Waals surface area contributed by atoms with Gasteiger partial charge in [0.1, 0.15) is 17.5 Å². The molecule has 0 radical (unpaired) electrons. The number of halogens is 1. The second-order valence-electron chi connectivity index (χ2n) is 6.67. The van der Waals surface area contributed by atoms with Crippen LogP contribution in [-0.2, 0) is 11.5 Å². The van der Waals surface area contributed by atoms with Crippen LogP contribution in [0.5, 0.6) is 0 Å². The first-order valence-corrected chi connectivity index (χ1v) is 11.6. The van der Waals surface area contributed by atoms with Crippen LogP contribution < -0.4 is 0 Å². The molecule has 0 atom stereocenters. The average Bonchev–Trinajstić information content (AvgIpc) is 3.10. The van der Waals surface area contributed by atoms with Crippen LogP contribution in [0.4, 0.5) is 0 Å². The van der Waals surface area contributed by atoms with Crippen LogP contribution in [0.2, 0.25) is 30.8 Å². The summed E-state index contributed by atoms with van der Waals surface area (Å²) in [6.45, 7) is 8.22. The van der Waals surface area contributed by atoms with E-state index in [-0.39, 0.29) is 0 Å². The number of rotatable bonds is 6. The minimum atomic E-state index is -1.06. The molecule has 6 nitrogen and oxygen atoms in total. The average molecular weight is 350 g/mol. The fourth-order valence-corrected chi connectivity index (χ4v) is 3.12. The fourth-order valence-electron chi connectivity index (χ4n) is 2.18. The van der Waals surface area contributed by atoms with Gasteiger partial charge >= 0.3 is 0 Å². The van der Waals surface area contributed by atoms with Crippen molar-refractivity contribution in [3.05, 3.63) is 36.0 Å². The molecular formula is C15H20ClN5OSi. The van der Waals surface area contributed by atoms with E-state index in [2.05, 4.69) is 34.7 Å². The summed E-state index contributed by atoms with van der Waals surface area (Å²) in [4.78, 5) is 8.63. The summed E-state index contributed by atoms with van der Waals surface area (Å²) in [7, 11) is -1.06. The first kappa shape index (κ1) is 16.2. The van der Waals surface area contributed by atoms with Crippen LogP contribution in [0.25, 0.3) is 17.0 Å². The molecule has 3 aromatic heterocycles. The van der Waals surface area contributed by atoms with Crippen LogP contribution >= 0.6 is 11.6 Å². The zero-order chi connectivity index (χ0) is 16.4. The maximum absolute atomic E-state index is 6.07. The lowest BCUT2D eigenvalue weighted by molar-refractivity contribution is 0.0786. The van der Waals surface area contributed by atoms with Gasteiger partial charge in [0.25, 0.3) is 0 Å². The van der Waals surface area contributed by atoms with Gasteiger partial charge in [-0.1, -0.05) is 31.2 Å². The Morgan fingerprint density at radius 1 is 1.30 bits per heavy atom. The van der Waals surface area contributed by atoms with E-state index < -0.39 is 8.07 Å². The van der Waals surface area contributed by atoms with Crippen LogP contribution in [0, 0.1) is 0 Å². The van der Waals surface area contributed by atoms with Crippen molar-refractivity contribution in [2.24, 2.45) is 0 Å². The molecule has 0 saturated carbocycles. The molecule has 8 heteroatoms. The van der Waals surface area contributed by atoms with Gasteiger partial charge in [-0.25, -0.2) is 14.6 Å². The second kappa shape index (κ2) is 6.43. The molecule has 0 spiro atoms. The maximum Gasteiger partial charge on any atom is 0.150 e. The largest absolute Gasteiger partial charge is 0.360 e.